The molecule has 4 aromatic rings. The number of nitrogens with zero attached hydrogens (tertiary/aromatic N) is 3. The van der Waals surface area contributed by atoms with Crippen molar-refractivity contribution >= 4 is 41.7 Å². The Morgan fingerprint density at radius 1 is 0.643 bits per heavy atom. The van der Waals surface area contributed by atoms with Crippen LogP contribution >= 0.6 is 0 Å². The number of likely N-dealkylation sites (N-methyl/N-ethyl adjacent to an activating group) is 1. The summed E-state index contributed by atoms with van der Waals surface area (Å²) in [5.41, 5.74) is 4.98. The number of benzene rings is 4. The van der Waals surface area contributed by atoms with Gasteiger partial charge < -0.3 is 20.4 Å². The Balaban J connectivity index is 1.36. The van der Waals surface area contributed by atoms with Gasteiger partial charge in [0.1, 0.15) is 23.0 Å². The Bertz CT molecular complexity index is 1640. The minimum atomic E-state index is -0.0368. The van der Waals surface area contributed by atoms with Crippen LogP contribution in [0.5, 0.6) is 23.0 Å². The second-order valence-corrected chi connectivity index (χ2v) is 10.0. The number of likely N-dealkylation sites (tertiary alicyclic amines) is 1. The summed E-state index contributed by atoms with van der Waals surface area (Å²) in [4.78, 5) is 24.4. The molecule has 1 aliphatic rings. The molecule has 0 aliphatic carbocycles. The summed E-state index contributed by atoms with van der Waals surface area (Å²) in [6, 6.07) is 23.3. The van der Waals surface area contributed by atoms with Crippen LogP contribution in [0.3, 0.4) is 0 Å². The van der Waals surface area contributed by atoms with Crippen molar-refractivity contribution in [3.8, 4) is 23.0 Å². The zero-order chi connectivity index (χ0) is 29.6. The molecule has 1 saturated heterocycles. The van der Waals surface area contributed by atoms with Gasteiger partial charge in [-0.2, -0.15) is 0 Å². The molecule has 4 aromatic carbocycles. The van der Waals surface area contributed by atoms with Crippen molar-refractivity contribution in [1.29, 1.82) is 0 Å². The minimum absolute atomic E-state index is 0.0121. The lowest BCUT2D eigenvalue weighted by Crippen LogP contribution is -2.34. The number of phenolic OH excluding ortho intramolecular Hbond substituents is 4. The van der Waals surface area contributed by atoms with Crippen molar-refractivity contribution in [3.05, 3.63) is 118 Å². The lowest BCUT2D eigenvalue weighted by Gasteiger charge is -2.26. The number of carbonyl (C=O) groups excluding carboxylic acids is 1. The number of Topliss-reactive ketones (excluding diaryl/α,β-unsaturated/α-hetero) is 1. The minimum Gasteiger partial charge on any atom is -0.508 e. The number of hydrogen-bond donors (Lipinski definition) is 4. The summed E-state index contributed by atoms with van der Waals surface area (Å²) < 4.78 is 0. The fourth-order valence-corrected chi connectivity index (χ4v) is 4.58. The Morgan fingerprint density at radius 2 is 1.10 bits per heavy atom. The molecule has 0 atom stereocenters. The second kappa shape index (κ2) is 12.4. The van der Waals surface area contributed by atoms with Crippen molar-refractivity contribution in [1.82, 2.24) is 4.90 Å². The van der Waals surface area contributed by atoms with E-state index in [9.17, 15) is 25.2 Å². The highest BCUT2D eigenvalue weighted by Crippen LogP contribution is 2.26. The first-order valence-corrected chi connectivity index (χ1v) is 13.2. The average Bonchev–Trinajstić information content (AvgIpc) is 2.97. The van der Waals surface area contributed by atoms with Crippen LogP contribution < -0.4 is 0 Å². The summed E-state index contributed by atoms with van der Waals surface area (Å²) in [6.07, 6.45) is 6.68. The fraction of sp³-hybridized carbons (Fsp3) is 0.0882. The molecule has 0 unspecified atom stereocenters. The first-order valence-electron chi connectivity index (χ1n) is 13.2. The van der Waals surface area contributed by atoms with E-state index in [-0.39, 0.29) is 28.8 Å². The summed E-state index contributed by atoms with van der Waals surface area (Å²) in [5, 5.41) is 39.3. The molecule has 1 heterocycles. The molecule has 0 saturated carbocycles. The number of aromatic hydroxyl groups is 4. The number of ketones is 1. The van der Waals surface area contributed by atoms with Gasteiger partial charge in [-0.15, -0.1) is 0 Å². The molecule has 210 valence electrons. The van der Waals surface area contributed by atoms with Crippen molar-refractivity contribution in [2.24, 2.45) is 9.98 Å². The highest BCUT2D eigenvalue weighted by molar-refractivity contribution is 6.14. The monoisotopic (exact) mass is 559 g/mol. The molecule has 1 fully saturated rings. The molecule has 4 N–H and O–H groups in total. The first kappa shape index (κ1) is 28.1. The highest BCUT2D eigenvalue weighted by atomic mass is 16.3. The quantitative estimate of drug-likeness (QED) is 0.131. The van der Waals surface area contributed by atoms with E-state index in [0.717, 1.165) is 11.1 Å². The molecule has 0 aromatic heterocycles. The zero-order valence-electron chi connectivity index (χ0n) is 22.8. The number of rotatable bonds is 6. The van der Waals surface area contributed by atoms with E-state index < -0.39 is 0 Å². The van der Waals surface area contributed by atoms with Gasteiger partial charge in [0.15, 0.2) is 5.78 Å². The second-order valence-electron chi connectivity index (χ2n) is 10.0. The number of piperidine rings is 1. The third-order valence-corrected chi connectivity index (χ3v) is 6.61. The SMILES string of the molecule is CN1CC(=Cc2cccc(N=Cc3cc(O)ccc3O)c2)C(=O)C(=Cc2cccc(N=Cc3cc(O)ccc3O)c2)C1. The molecule has 0 amide bonds. The van der Waals surface area contributed by atoms with Crippen LogP contribution in [-0.2, 0) is 4.79 Å². The van der Waals surface area contributed by atoms with Gasteiger partial charge in [0.05, 0.1) is 11.4 Å². The van der Waals surface area contributed by atoms with Crippen molar-refractivity contribution in [2.45, 2.75) is 0 Å². The summed E-state index contributed by atoms with van der Waals surface area (Å²) in [6.45, 7) is 0.997. The van der Waals surface area contributed by atoms with E-state index >= 15 is 0 Å². The van der Waals surface area contributed by atoms with Crippen LogP contribution in [0.2, 0.25) is 0 Å². The molecule has 0 bridgehead atoms. The Kier molecular flexibility index (Phi) is 8.27. The van der Waals surface area contributed by atoms with E-state index in [1.165, 1.54) is 48.8 Å². The van der Waals surface area contributed by atoms with E-state index in [1.807, 2.05) is 67.7 Å². The number of carbonyl (C=O) groups is 1. The van der Waals surface area contributed by atoms with Gasteiger partial charge >= 0.3 is 0 Å². The van der Waals surface area contributed by atoms with Crippen LogP contribution in [0.25, 0.3) is 12.2 Å². The smallest absolute Gasteiger partial charge is 0.187 e. The van der Waals surface area contributed by atoms with E-state index in [4.69, 9.17) is 0 Å². The highest BCUT2D eigenvalue weighted by Gasteiger charge is 2.24. The molecule has 42 heavy (non-hydrogen) atoms. The van der Waals surface area contributed by atoms with Crippen LogP contribution in [0.4, 0.5) is 11.4 Å². The van der Waals surface area contributed by atoms with E-state index in [2.05, 4.69) is 14.9 Å². The first-order chi connectivity index (χ1) is 20.2. The lowest BCUT2D eigenvalue weighted by molar-refractivity contribution is -0.113. The van der Waals surface area contributed by atoms with Gasteiger partial charge in [-0.3, -0.25) is 19.7 Å². The van der Waals surface area contributed by atoms with Gasteiger partial charge in [0.25, 0.3) is 0 Å². The molecule has 5 rings (SSSR count). The van der Waals surface area contributed by atoms with Gasteiger partial charge in [-0.1, -0.05) is 24.3 Å². The fourth-order valence-electron chi connectivity index (χ4n) is 4.58. The van der Waals surface area contributed by atoms with E-state index in [0.29, 0.717) is 46.7 Å². The van der Waals surface area contributed by atoms with Crippen molar-refractivity contribution < 1.29 is 25.2 Å². The Labute approximate surface area is 243 Å². The number of aliphatic imine (C=N–C) groups is 2. The van der Waals surface area contributed by atoms with Crippen molar-refractivity contribution in [3.63, 3.8) is 0 Å². The van der Waals surface area contributed by atoms with Gasteiger partial charge in [-0.05, 0) is 91.0 Å². The van der Waals surface area contributed by atoms with Crippen LogP contribution in [-0.4, -0.2) is 63.7 Å². The predicted octanol–water partition coefficient (Wildman–Crippen LogP) is 5.99. The topological polar surface area (TPSA) is 126 Å². The maximum Gasteiger partial charge on any atom is 0.187 e. The number of phenols is 4. The molecule has 0 spiro atoms. The summed E-state index contributed by atoms with van der Waals surface area (Å²) >= 11 is 0. The summed E-state index contributed by atoms with van der Waals surface area (Å²) in [5.74, 6) is 0.0515. The molecule has 8 heteroatoms. The standard InChI is InChI=1S/C34H29N3O5/c1-37-20-26(12-22-4-2-6-28(14-22)35-18-24-16-30(38)8-10-32(24)40)34(42)27(21-37)13-23-5-3-7-29(15-23)36-19-25-17-31(39)9-11-33(25)41/h2-19,38-41H,20-21H2,1H3. The van der Waals surface area contributed by atoms with Crippen LogP contribution in [0.15, 0.2) is 106 Å². The van der Waals surface area contributed by atoms with Crippen molar-refractivity contribution in [2.75, 3.05) is 20.1 Å². The lowest BCUT2D eigenvalue weighted by atomic mass is 9.94. The van der Waals surface area contributed by atoms with Gasteiger partial charge in [0.2, 0.25) is 0 Å². The van der Waals surface area contributed by atoms with Gasteiger partial charge in [0, 0.05) is 47.8 Å². The van der Waals surface area contributed by atoms with E-state index in [1.54, 1.807) is 0 Å². The maximum absolute atomic E-state index is 13.5. The van der Waals surface area contributed by atoms with Gasteiger partial charge in [-0.25, -0.2) is 0 Å². The third-order valence-electron chi connectivity index (χ3n) is 6.61. The Morgan fingerprint density at radius 3 is 1.55 bits per heavy atom. The molecule has 1 aliphatic heterocycles. The molecule has 8 nitrogen and oxygen atoms in total. The largest absolute Gasteiger partial charge is 0.508 e. The zero-order valence-corrected chi connectivity index (χ0v) is 22.8. The molecule has 0 radical (unpaired) electrons. The normalized spacial score (nSPS) is 16.3. The third kappa shape index (κ3) is 6.99. The number of hydrogen-bond acceptors (Lipinski definition) is 8. The van der Waals surface area contributed by atoms with Crippen LogP contribution in [0.1, 0.15) is 22.3 Å². The Hall–Kier alpha value is -5.47. The molecular weight excluding hydrogens is 530 g/mol. The van der Waals surface area contributed by atoms with Crippen LogP contribution in [0, 0.1) is 0 Å². The summed E-state index contributed by atoms with van der Waals surface area (Å²) in [7, 11) is 1.96. The molecular formula is C34H29N3O5. The maximum atomic E-state index is 13.5. The average molecular weight is 560 g/mol. The predicted molar refractivity (Wildman–Crippen MR) is 165 cm³/mol.